The Bertz CT molecular complexity index is 1940. The van der Waals surface area contributed by atoms with Gasteiger partial charge in [-0.2, -0.15) is 0 Å². The van der Waals surface area contributed by atoms with Gasteiger partial charge in [-0.15, -0.1) is 22.7 Å². The van der Waals surface area contributed by atoms with Gasteiger partial charge in [-0.05, 0) is 91.0 Å². The second-order valence-corrected chi connectivity index (χ2v) is 14.8. The Morgan fingerprint density at radius 2 is 1.65 bits per heavy atom. The number of pyridine rings is 1. The molecule has 6 rings (SSSR count). The van der Waals surface area contributed by atoms with E-state index in [4.69, 9.17) is 4.74 Å². The van der Waals surface area contributed by atoms with Crippen molar-refractivity contribution in [2.24, 2.45) is 0 Å². The van der Waals surface area contributed by atoms with Crippen LogP contribution in [0.15, 0.2) is 88.4 Å². The highest BCUT2D eigenvalue weighted by Gasteiger charge is 2.45. The van der Waals surface area contributed by atoms with Crippen LogP contribution in [0.25, 0.3) is 10.9 Å². The molecule has 5 aromatic rings. The van der Waals surface area contributed by atoms with Crippen LogP contribution >= 0.6 is 22.7 Å². The summed E-state index contributed by atoms with van der Waals surface area (Å²) in [6, 6.07) is 21.0. The molecule has 1 fully saturated rings. The first-order valence-corrected chi connectivity index (χ1v) is 18.7. The number of H-pyrrole nitrogens is 1. The Kier molecular flexibility index (Phi) is 13.0. The van der Waals surface area contributed by atoms with Gasteiger partial charge >= 0.3 is 5.97 Å². The summed E-state index contributed by atoms with van der Waals surface area (Å²) in [6.07, 6.45) is 2.23. The number of benzene rings is 2. The molecule has 3 heterocycles. The van der Waals surface area contributed by atoms with Crippen molar-refractivity contribution in [1.29, 1.82) is 0 Å². The monoisotopic (exact) mass is 750 g/mol. The van der Waals surface area contributed by atoms with Crippen LogP contribution in [-0.4, -0.2) is 69.4 Å². The summed E-state index contributed by atoms with van der Waals surface area (Å²) < 4.78 is 5.89. The molecule has 0 radical (unpaired) electrons. The third kappa shape index (κ3) is 8.95. The van der Waals surface area contributed by atoms with Gasteiger partial charge in [0.15, 0.2) is 0 Å². The fourth-order valence-corrected chi connectivity index (χ4v) is 8.25. The Morgan fingerprint density at radius 1 is 0.981 bits per heavy atom. The highest BCUT2D eigenvalue weighted by atomic mass is 32.1. The lowest BCUT2D eigenvalue weighted by molar-refractivity contribution is -0.169. The number of thiophene rings is 2. The van der Waals surface area contributed by atoms with Gasteiger partial charge in [0.1, 0.15) is 11.9 Å². The molecule has 1 saturated carbocycles. The van der Waals surface area contributed by atoms with E-state index in [0.717, 1.165) is 18.4 Å². The number of amides is 1. The maximum Gasteiger partial charge on any atom is 0.349 e. The maximum absolute atomic E-state index is 13.3. The number of aliphatic hydroxyl groups is 2. The molecule has 14 heteroatoms. The van der Waals surface area contributed by atoms with Crippen LogP contribution in [0.4, 0.5) is 10.4 Å². The number of nitrogens with zero attached hydrogens (tertiary/aromatic N) is 1. The van der Waals surface area contributed by atoms with Crippen LogP contribution < -0.4 is 16.2 Å². The number of hydrogen-bond donors (Lipinski definition) is 6. The van der Waals surface area contributed by atoms with E-state index in [-0.39, 0.29) is 40.6 Å². The number of aromatic hydroxyl groups is 1. The summed E-state index contributed by atoms with van der Waals surface area (Å²) in [5.74, 6) is -0.771. The molecule has 1 aliphatic rings. The number of ether oxygens (including phenoxy) is 1. The summed E-state index contributed by atoms with van der Waals surface area (Å²) in [5, 5.41) is 42.8. The fourth-order valence-electron chi connectivity index (χ4n) is 6.53. The van der Waals surface area contributed by atoms with E-state index in [2.05, 4.69) is 20.5 Å². The number of rotatable bonds is 14. The van der Waals surface area contributed by atoms with Gasteiger partial charge in [0.25, 0.3) is 0 Å². The quantitative estimate of drug-likeness (QED) is 0.0818. The summed E-state index contributed by atoms with van der Waals surface area (Å²) in [5.41, 5.74) is 0.425. The molecule has 3 aromatic heterocycles. The van der Waals surface area contributed by atoms with Crippen molar-refractivity contribution < 1.29 is 34.3 Å². The molecule has 1 aliphatic carbocycles. The molecule has 1 amide bonds. The summed E-state index contributed by atoms with van der Waals surface area (Å²) in [6.45, 7) is 1.34. The van der Waals surface area contributed by atoms with Crippen molar-refractivity contribution in [2.45, 2.75) is 62.5 Å². The lowest BCUT2D eigenvalue weighted by atomic mass is 9.91. The number of halogens is 1. The van der Waals surface area contributed by atoms with Gasteiger partial charge in [-0.3, -0.25) is 14.3 Å². The molecule has 2 aromatic carbocycles. The number of hydrogen-bond acceptors (Lipinski definition) is 11. The lowest BCUT2D eigenvalue weighted by Crippen LogP contribution is -2.42. The van der Waals surface area contributed by atoms with E-state index >= 15 is 0 Å². The number of esters is 1. The van der Waals surface area contributed by atoms with Crippen LogP contribution in [0.5, 0.6) is 5.75 Å². The number of fused-ring (bicyclic) bond motifs is 1. The maximum atomic E-state index is 13.3. The number of phenols is 1. The average Bonchev–Trinajstić information content (AvgIpc) is 3.88. The van der Waals surface area contributed by atoms with Crippen LogP contribution in [0.2, 0.25) is 0 Å². The van der Waals surface area contributed by atoms with Crippen molar-refractivity contribution in [2.75, 3.05) is 25.5 Å². The molecule has 6 N–H and O–H groups in total. The smallest absolute Gasteiger partial charge is 0.349 e. The first-order chi connectivity index (χ1) is 24.6. The Hall–Kier alpha value is -4.44. The van der Waals surface area contributed by atoms with Crippen LogP contribution in [0.3, 0.4) is 0 Å². The van der Waals surface area contributed by atoms with Crippen molar-refractivity contribution in [1.82, 2.24) is 15.2 Å². The standard InChI is InChI=1S/C38H42N4O7S2.FH/c1-42(26-10-12-27(13-11-26)49-37(47)38(48,32-4-2-20-50-32)33-5-3-21-51-33)19-18-35(46)40-25-8-6-24(7-9-25)22-39-23-31(44)28-14-16-30(43)36-29(28)15-17-34(45)41-36;/h2-9,14-17,20-21,26-27,31,39,43-44,48H,10-13,18-19,22-23H2,1H3,(H,40,46)(H,41,45);1H/t26?,27?,31-;/m1./s1. The van der Waals surface area contributed by atoms with Crippen molar-refractivity contribution in [3.63, 3.8) is 0 Å². The zero-order valence-corrected chi connectivity index (χ0v) is 30.3. The first kappa shape index (κ1) is 38.8. The van der Waals surface area contributed by atoms with Crippen molar-refractivity contribution in [3.05, 3.63) is 115 Å². The third-order valence-electron chi connectivity index (χ3n) is 9.45. The van der Waals surface area contributed by atoms with Gasteiger partial charge < -0.3 is 40.6 Å². The summed E-state index contributed by atoms with van der Waals surface area (Å²) in [7, 11) is 2.01. The first-order valence-electron chi connectivity index (χ1n) is 17.0. The van der Waals surface area contributed by atoms with E-state index in [1.165, 1.54) is 34.8 Å². The minimum Gasteiger partial charge on any atom is -0.506 e. The second kappa shape index (κ2) is 17.4. The number of anilines is 1. The SMILES string of the molecule is CN(CCC(=O)Nc1ccc(CNC[C@@H](O)c2ccc(O)c3[nH]c(=O)ccc23)cc1)C1CCC(OC(=O)C(O)(c2cccs2)c2cccs2)CC1.F. The molecule has 52 heavy (non-hydrogen) atoms. The van der Waals surface area contributed by atoms with E-state index in [9.17, 15) is 29.7 Å². The second-order valence-electron chi connectivity index (χ2n) is 12.9. The third-order valence-corrected chi connectivity index (χ3v) is 11.4. The van der Waals surface area contributed by atoms with Gasteiger partial charge in [0, 0.05) is 49.2 Å². The minimum atomic E-state index is -1.80. The van der Waals surface area contributed by atoms with Gasteiger partial charge in [0.05, 0.1) is 21.4 Å². The Labute approximate surface area is 308 Å². The fraction of sp³-hybridized carbons (Fsp3) is 0.342. The number of aromatic nitrogens is 1. The van der Waals surface area contributed by atoms with Gasteiger partial charge in [0.2, 0.25) is 17.1 Å². The van der Waals surface area contributed by atoms with Gasteiger partial charge in [-0.25, -0.2) is 4.79 Å². The zero-order chi connectivity index (χ0) is 36.0. The summed E-state index contributed by atoms with van der Waals surface area (Å²) >= 11 is 2.66. The van der Waals surface area contributed by atoms with Crippen LogP contribution in [-0.2, 0) is 26.5 Å². The Balaban J connectivity index is 0.00000523. The largest absolute Gasteiger partial charge is 0.506 e. The molecule has 0 bridgehead atoms. The number of aromatic amines is 1. The Morgan fingerprint density at radius 3 is 2.29 bits per heavy atom. The average molecular weight is 751 g/mol. The van der Waals surface area contributed by atoms with Crippen LogP contribution in [0.1, 0.15) is 59.1 Å². The number of nitrogens with one attached hydrogen (secondary N) is 3. The molecule has 11 nitrogen and oxygen atoms in total. The highest BCUT2D eigenvalue weighted by molar-refractivity contribution is 7.12. The minimum absolute atomic E-state index is 0. The molecule has 1 atom stereocenters. The molecule has 0 unspecified atom stereocenters. The van der Waals surface area contributed by atoms with E-state index in [1.807, 2.05) is 54.2 Å². The molecule has 0 saturated heterocycles. The number of phenolic OH excluding ortho intramolecular Hbond substituents is 1. The zero-order valence-electron chi connectivity index (χ0n) is 28.6. The number of aliphatic hydroxyl groups excluding tert-OH is 1. The van der Waals surface area contributed by atoms with Crippen LogP contribution in [0, 0.1) is 0 Å². The molecule has 0 spiro atoms. The number of carbonyl (C=O) groups excluding carboxylic acids is 2. The van der Waals surface area contributed by atoms with E-state index < -0.39 is 17.7 Å². The topological polar surface area (TPSA) is 164 Å². The normalized spacial score (nSPS) is 16.7. The predicted octanol–water partition coefficient (Wildman–Crippen LogP) is 5.38. The highest BCUT2D eigenvalue weighted by Crippen LogP contribution is 2.38. The predicted molar refractivity (Wildman–Crippen MR) is 201 cm³/mol. The molecule has 276 valence electrons. The molecular weight excluding hydrogens is 708 g/mol. The molecular formula is C38H43FN4O7S2. The van der Waals surface area contributed by atoms with Crippen molar-refractivity contribution >= 4 is 51.1 Å². The summed E-state index contributed by atoms with van der Waals surface area (Å²) in [4.78, 5) is 43.7. The lowest BCUT2D eigenvalue weighted by Gasteiger charge is -2.35. The van der Waals surface area contributed by atoms with Gasteiger partial charge in [-0.1, -0.05) is 30.3 Å². The number of carbonyl (C=O) groups is 2. The van der Waals surface area contributed by atoms with Crippen molar-refractivity contribution in [3.8, 4) is 5.75 Å². The van der Waals surface area contributed by atoms with E-state index in [0.29, 0.717) is 64.3 Å². The van der Waals surface area contributed by atoms with E-state index in [1.54, 1.807) is 24.3 Å². The molecule has 0 aliphatic heterocycles.